The van der Waals surface area contributed by atoms with E-state index in [0.29, 0.717) is 29.9 Å². The van der Waals surface area contributed by atoms with Crippen LogP contribution in [0.3, 0.4) is 0 Å². The van der Waals surface area contributed by atoms with Crippen molar-refractivity contribution in [1.82, 2.24) is 9.97 Å². The predicted octanol–water partition coefficient (Wildman–Crippen LogP) is 8.07. The lowest BCUT2D eigenvalue weighted by Gasteiger charge is -2.22. The summed E-state index contributed by atoms with van der Waals surface area (Å²) in [5, 5.41) is 5.82. The number of ether oxygens (including phenoxy) is 1. The van der Waals surface area contributed by atoms with Gasteiger partial charge in [-0.25, -0.2) is 4.98 Å². The molecule has 0 aliphatic heterocycles. The molecule has 3 aromatic rings. The first kappa shape index (κ1) is 24.8. The maximum Gasteiger partial charge on any atom is 0.421 e. The summed E-state index contributed by atoms with van der Waals surface area (Å²) in [6.07, 6.45) is 2.41. The molecule has 0 unspecified atom stereocenters. The number of anilines is 4. The SMILES string of the molecule is CC(C)COc1cccc(Nc2nc(Nc3ccc(C4CCCCC4)cc3)ncc2C(F)(F)F)c1. The molecule has 2 N–H and O–H groups in total. The average Bonchev–Trinajstić information content (AvgIpc) is 2.83. The Labute approximate surface area is 204 Å². The van der Waals surface area contributed by atoms with Gasteiger partial charge in [-0.3, -0.25) is 0 Å². The Morgan fingerprint density at radius 2 is 1.71 bits per heavy atom. The molecule has 8 heteroatoms. The second-order valence-electron chi connectivity index (χ2n) is 9.39. The normalized spacial score (nSPS) is 14.7. The van der Waals surface area contributed by atoms with Crippen molar-refractivity contribution in [3.8, 4) is 5.75 Å². The summed E-state index contributed by atoms with van der Waals surface area (Å²) in [6, 6.07) is 14.8. The third kappa shape index (κ3) is 6.87. The van der Waals surface area contributed by atoms with Gasteiger partial charge in [0.2, 0.25) is 5.95 Å². The molecule has 0 atom stereocenters. The van der Waals surface area contributed by atoms with E-state index in [1.165, 1.54) is 37.7 Å². The smallest absolute Gasteiger partial charge is 0.421 e. The van der Waals surface area contributed by atoms with Crippen LogP contribution in [0.1, 0.15) is 63.0 Å². The molecular formula is C27H31F3N4O. The average molecular weight is 485 g/mol. The summed E-state index contributed by atoms with van der Waals surface area (Å²) < 4.78 is 46.7. The molecule has 4 rings (SSSR count). The van der Waals surface area contributed by atoms with Gasteiger partial charge in [-0.1, -0.05) is 51.3 Å². The molecule has 2 aromatic carbocycles. The van der Waals surface area contributed by atoms with Crippen LogP contribution < -0.4 is 15.4 Å². The Balaban J connectivity index is 1.53. The molecule has 186 valence electrons. The number of halogens is 3. The van der Waals surface area contributed by atoms with E-state index in [-0.39, 0.29) is 11.8 Å². The molecule has 1 aliphatic rings. The highest BCUT2D eigenvalue weighted by atomic mass is 19.4. The standard InChI is InChI=1S/C27H31F3N4O/c1-18(2)17-35-23-10-6-9-22(15-23)32-25-24(27(28,29)30)16-31-26(34-25)33-21-13-11-20(12-14-21)19-7-4-3-5-8-19/h6,9-16,18-19H,3-5,7-8,17H2,1-2H3,(H2,31,32,33,34). The molecule has 1 saturated carbocycles. The summed E-state index contributed by atoms with van der Waals surface area (Å²) in [5.74, 6) is 1.24. The maximum absolute atomic E-state index is 13.7. The highest BCUT2D eigenvalue weighted by Gasteiger charge is 2.35. The number of hydrogen-bond donors (Lipinski definition) is 2. The van der Waals surface area contributed by atoms with Gasteiger partial charge < -0.3 is 15.4 Å². The number of alkyl halides is 3. The Morgan fingerprint density at radius 1 is 0.971 bits per heavy atom. The minimum Gasteiger partial charge on any atom is -0.493 e. The zero-order valence-corrected chi connectivity index (χ0v) is 20.0. The number of rotatable bonds is 8. The van der Waals surface area contributed by atoms with Crippen molar-refractivity contribution in [1.29, 1.82) is 0 Å². The highest BCUT2D eigenvalue weighted by molar-refractivity contribution is 5.64. The quantitative estimate of drug-likeness (QED) is 0.339. The Kier molecular flexibility index (Phi) is 7.78. The van der Waals surface area contributed by atoms with Crippen molar-refractivity contribution >= 4 is 23.1 Å². The van der Waals surface area contributed by atoms with Crippen LogP contribution in [0.2, 0.25) is 0 Å². The van der Waals surface area contributed by atoms with E-state index >= 15 is 0 Å². The highest BCUT2D eigenvalue weighted by Crippen LogP contribution is 2.36. The first-order valence-electron chi connectivity index (χ1n) is 12.1. The Bertz CT molecular complexity index is 1110. The lowest BCUT2D eigenvalue weighted by Crippen LogP contribution is -2.12. The maximum atomic E-state index is 13.7. The second-order valence-corrected chi connectivity index (χ2v) is 9.39. The van der Waals surface area contributed by atoms with E-state index in [0.717, 1.165) is 11.9 Å². The van der Waals surface area contributed by atoms with E-state index < -0.39 is 11.7 Å². The van der Waals surface area contributed by atoms with E-state index in [2.05, 4.69) is 32.7 Å². The van der Waals surface area contributed by atoms with Crippen LogP contribution in [0, 0.1) is 5.92 Å². The molecule has 1 aromatic heterocycles. The molecule has 0 saturated heterocycles. The largest absolute Gasteiger partial charge is 0.493 e. The molecule has 1 aliphatic carbocycles. The molecule has 5 nitrogen and oxygen atoms in total. The number of benzene rings is 2. The topological polar surface area (TPSA) is 59.1 Å². The van der Waals surface area contributed by atoms with Crippen molar-refractivity contribution in [2.45, 2.75) is 58.0 Å². The third-order valence-corrected chi connectivity index (χ3v) is 6.02. The first-order valence-corrected chi connectivity index (χ1v) is 12.1. The number of aromatic nitrogens is 2. The fraction of sp³-hybridized carbons (Fsp3) is 0.407. The van der Waals surface area contributed by atoms with E-state index in [1.54, 1.807) is 24.3 Å². The van der Waals surface area contributed by atoms with Gasteiger partial charge in [-0.2, -0.15) is 18.2 Å². The van der Waals surface area contributed by atoms with Crippen LogP contribution in [0.4, 0.5) is 36.3 Å². The van der Waals surface area contributed by atoms with Gasteiger partial charge in [-0.15, -0.1) is 0 Å². The fourth-order valence-corrected chi connectivity index (χ4v) is 4.21. The van der Waals surface area contributed by atoms with Crippen LogP contribution in [0.15, 0.2) is 54.7 Å². The minimum atomic E-state index is -4.60. The predicted molar refractivity (Wildman–Crippen MR) is 133 cm³/mol. The van der Waals surface area contributed by atoms with Crippen molar-refractivity contribution in [2.24, 2.45) is 5.92 Å². The van der Waals surface area contributed by atoms with Gasteiger partial charge in [-0.05, 0) is 54.5 Å². The van der Waals surface area contributed by atoms with E-state index in [9.17, 15) is 13.2 Å². The van der Waals surface area contributed by atoms with Gasteiger partial charge in [0.15, 0.2) is 0 Å². The molecular weight excluding hydrogens is 453 g/mol. The third-order valence-electron chi connectivity index (χ3n) is 6.02. The summed E-state index contributed by atoms with van der Waals surface area (Å²) >= 11 is 0. The molecule has 0 amide bonds. The molecule has 0 bridgehead atoms. The monoisotopic (exact) mass is 484 g/mol. The van der Waals surface area contributed by atoms with Gasteiger partial charge >= 0.3 is 6.18 Å². The van der Waals surface area contributed by atoms with Crippen molar-refractivity contribution in [3.63, 3.8) is 0 Å². The fourth-order valence-electron chi connectivity index (χ4n) is 4.21. The summed E-state index contributed by atoms with van der Waals surface area (Å²) in [4.78, 5) is 8.07. The summed E-state index contributed by atoms with van der Waals surface area (Å²) in [5.41, 5.74) is 1.52. The van der Waals surface area contributed by atoms with E-state index in [4.69, 9.17) is 4.74 Å². The Morgan fingerprint density at radius 3 is 2.40 bits per heavy atom. The molecule has 1 fully saturated rings. The minimum absolute atomic E-state index is 0.0816. The number of nitrogens with one attached hydrogen (secondary N) is 2. The zero-order chi connectivity index (χ0) is 24.8. The van der Waals surface area contributed by atoms with Gasteiger partial charge in [0.25, 0.3) is 0 Å². The Hall–Kier alpha value is -3.29. The van der Waals surface area contributed by atoms with Crippen LogP contribution >= 0.6 is 0 Å². The number of nitrogens with zero attached hydrogens (tertiary/aromatic N) is 2. The zero-order valence-electron chi connectivity index (χ0n) is 20.0. The van der Waals surface area contributed by atoms with Gasteiger partial charge in [0.05, 0.1) is 6.61 Å². The van der Waals surface area contributed by atoms with E-state index in [1.807, 2.05) is 26.0 Å². The summed E-state index contributed by atoms with van der Waals surface area (Å²) in [6.45, 7) is 4.56. The van der Waals surface area contributed by atoms with Crippen molar-refractivity contribution in [3.05, 3.63) is 65.9 Å². The van der Waals surface area contributed by atoms with Crippen LogP contribution in [0.25, 0.3) is 0 Å². The van der Waals surface area contributed by atoms with Gasteiger partial charge in [0, 0.05) is 23.6 Å². The van der Waals surface area contributed by atoms with Crippen LogP contribution in [-0.4, -0.2) is 16.6 Å². The second kappa shape index (κ2) is 11.0. The van der Waals surface area contributed by atoms with Crippen LogP contribution in [-0.2, 0) is 6.18 Å². The van der Waals surface area contributed by atoms with Crippen molar-refractivity contribution < 1.29 is 17.9 Å². The molecule has 0 radical (unpaired) electrons. The number of hydrogen-bond acceptors (Lipinski definition) is 5. The molecule has 35 heavy (non-hydrogen) atoms. The van der Waals surface area contributed by atoms with Crippen molar-refractivity contribution in [2.75, 3.05) is 17.2 Å². The lowest BCUT2D eigenvalue weighted by molar-refractivity contribution is -0.137. The molecule has 0 spiro atoms. The molecule has 1 heterocycles. The first-order chi connectivity index (χ1) is 16.8. The summed E-state index contributed by atoms with van der Waals surface area (Å²) in [7, 11) is 0. The lowest BCUT2D eigenvalue weighted by atomic mass is 9.84. The van der Waals surface area contributed by atoms with Gasteiger partial charge in [0.1, 0.15) is 17.1 Å². The van der Waals surface area contributed by atoms with Crippen LogP contribution in [0.5, 0.6) is 5.75 Å².